The quantitative estimate of drug-likeness (QED) is 0.697. The summed E-state index contributed by atoms with van der Waals surface area (Å²) >= 11 is 0. The highest BCUT2D eigenvalue weighted by atomic mass is 32.2. The maximum atomic E-state index is 12.4. The average Bonchev–Trinajstić information content (AvgIpc) is 3.05. The van der Waals surface area contributed by atoms with E-state index in [4.69, 9.17) is 4.74 Å². The van der Waals surface area contributed by atoms with Crippen LogP contribution in [0.3, 0.4) is 0 Å². The van der Waals surface area contributed by atoms with E-state index in [0.717, 1.165) is 43.6 Å². The molecular weight excluding hydrogens is 404 g/mol. The van der Waals surface area contributed by atoms with Crippen LogP contribution in [-0.2, 0) is 14.8 Å². The van der Waals surface area contributed by atoms with Crippen LogP contribution in [0.2, 0.25) is 0 Å². The van der Waals surface area contributed by atoms with E-state index in [9.17, 15) is 8.42 Å². The Morgan fingerprint density at radius 3 is 2.17 bits per heavy atom. The van der Waals surface area contributed by atoms with Crippen LogP contribution in [0, 0.1) is 6.92 Å². The van der Waals surface area contributed by atoms with Gasteiger partial charge in [0.2, 0.25) is 0 Å². The Bertz CT molecular complexity index is 1090. The van der Waals surface area contributed by atoms with Gasteiger partial charge in [-0.1, -0.05) is 12.1 Å². The molecule has 1 aromatic heterocycles. The number of morpholine rings is 1. The Hall–Kier alpha value is -2.72. The lowest BCUT2D eigenvalue weighted by atomic mass is 10.1. The number of sulfonamides is 1. The van der Waals surface area contributed by atoms with Gasteiger partial charge in [0.1, 0.15) is 22.4 Å². The van der Waals surface area contributed by atoms with Gasteiger partial charge in [-0.15, -0.1) is 4.40 Å². The van der Waals surface area contributed by atoms with Crippen LogP contribution in [0.15, 0.2) is 39.6 Å². The molecule has 10 heteroatoms. The molecule has 158 valence electrons. The highest BCUT2D eigenvalue weighted by molar-refractivity contribution is 7.90. The van der Waals surface area contributed by atoms with Crippen LogP contribution in [0.5, 0.6) is 0 Å². The number of ether oxygens (including phenoxy) is 1. The third kappa shape index (κ3) is 3.50. The summed E-state index contributed by atoms with van der Waals surface area (Å²) in [7, 11) is -3.60. The molecule has 0 radical (unpaired) electrons. The summed E-state index contributed by atoms with van der Waals surface area (Å²) in [5.41, 5.74) is 0.693. The first-order valence-corrected chi connectivity index (χ1v) is 11.6. The van der Waals surface area contributed by atoms with Gasteiger partial charge in [0.05, 0.1) is 13.2 Å². The van der Waals surface area contributed by atoms with E-state index in [1.54, 1.807) is 12.1 Å². The summed E-state index contributed by atoms with van der Waals surface area (Å²) in [5.74, 6) is 3.14. The number of hydrogen-bond donors (Lipinski definition) is 0. The molecule has 4 heterocycles. The van der Waals surface area contributed by atoms with Gasteiger partial charge >= 0.3 is 0 Å². The fraction of sp³-hybridized carbons (Fsp3) is 0.450. The van der Waals surface area contributed by atoms with Crippen molar-refractivity contribution in [2.24, 2.45) is 4.40 Å². The summed E-state index contributed by atoms with van der Waals surface area (Å²) in [6.45, 7) is 7.83. The summed E-state index contributed by atoms with van der Waals surface area (Å²) in [6, 6.07) is 9.07. The van der Waals surface area contributed by atoms with Crippen LogP contribution in [0.1, 0.15) is 11.4 Å². The van der Waals surface area contributed by atoms with Gasteiger partial charge in [-0.05, 0) is 19.1 Å². The predicted molar refractivity (Wildman–Crippen MR) is 114 cm³/mol. The lowest BCUT2D eigenvalue weighted by Gasteiger charge is -2.37. The van der Waals surface area contributed by atoms with Crippen molar-refractivity contribution in [3.8, 4) is 0 Å². The smallest absolute Gasteiger partial charge is 0.285 e. The lowest BCUT2D eigenvalue weighted by molar-refractivity contribution is 0.122. The number of aromatic nitrogens is 2. The normalized spacial score (nSPS) is 20.8. The molecule has 9 nitrogen and oxygen atoms in total. The maximum Gasteiger partial charge on any atom is 0.285 e. The fourth-order valence-electron chi connectivity index (χ4n) is 4.12. The number of aryl methyl sites for hydroxylation is 1. The van der Waals surface area contributed by atoms with Gasteiger partial charge in [0.15, 0.2) is 5.84 Å². The molecule has 3 aliphatic heterocycles. The lowest BCUT2D eigenvalue weighted by Crippen LogP contribution is -2.49. The first kappa shape index (κ1) is 19.3. The van der Waals surface area contributed by atoms with E-state index in [-0.39, 0.29) is 0 Å². The molecule has 0 N–H and O–H groups in total. The Kier molecular flexibility index (Phi) is 4.82. The maximum absolute atomic E-state index is 12.4. The minimum absolute atomic E-state index is 0.295. The molecule has 0 amide bonds. The van der Waals surface area contributed by atoms with Crippen molar-refractivity contribution in [2.75, 3.05) is 62.3 Å². The molecule has 2 aromatic rings. The molecule has 0 unspecified atom stereocenters. The summed E-state index contributed by atoms with van der Waals surface area (Å²) in [4.78, 5) is 16.1. The monoisotopic (exact) mass is 428 g/mol. The van der Waals surface area contributed by atoms with Crippen molar-refractivity contribution >= 4 is 27.5 Å². The molecule has 5 rings (SSSR count). The second-order valence-corrected chi connectivity index (χ2v) is 9.16. The first-order chi connectivity index (χ1) is 14.5. The number of benzene rings is 1. The van der Waals surface area contributed by atoms with E-state index in [1.807, 2.05) is 25.1 Å². The van der Waals surface area contributed by atoms with Gasteiger partial charge < -0.3 is 19.4 Å². The van der Waals surface area contributed by atoms with E-state index in [1.165, 1.54) is 0 Å². The molecule has 0 saturated carbocycles. The number of fused-ring (bicyclic) bond motifs is 1. The Labute approximate surface area is 176 Å². The molecule has 30 heavy (non-hydrogen) atoms. The van der Waals surface area contributed by atoms with Gasteiger partial charge in [-0.2, -0.15) is 8.42 Å². The summed E-state index contributed by atoms with van der Waals surface area (Å²) in [5, 5.41) is 0. The van der Waals surface area contributed by atoms with Crippen LogP contribution < -0.4 is 9.80 Å². The minimum Gasteiger partial charge on any atom is -0.378 e. The number of rotatable bonds is 2. The van der Waals surface area contributed by atoms with Crippen molar-refractivity contribution < 1.29 is 13.2 Å². The van der Waals surface area contributed by atoms with Crippen LogP contribution in [-0.4, -0.2) is 81.6 Å². The van der Waals surface area contributed by atoms with Crippen molar-refractivity contribution in [1.82, 2.24) is 14.9 Å². The van der Waals surface area contributed by atoms with Gasteiger partial charge in [0.25, 0.3) is 10.0 Å². The SMILES string of the molecule is Cc1nc(N2CCOCC2)cc(N2CCN(C3=NS(=O)(=O)c4ccccc43)CC2)n1. The Balaban J connectivity index is 1.33. The topological polar surface area (TPSA) is 91.2 Å². The Morgan fingerprint density at radius 1 is 0.867 bits per heavy atom. The van der Waals surface area contributed by atoms with Crippen molar-refractivity contribution in [2.45, 2.75) is 11.8 Å². The van der Waals surface area contributed by atoms with Crippen LogP contribution in [0.25, 0.3) is 0 Å². The number of anilines is 2. The highest BCUT2D eigenvalue weighted by Crippen LogP contribution is 2.28. The van der Waals surface area contributed by atoms with E-state index >= 15 is 0 Å². The minimum atomic E-state index is -3.60. The zero-order valence-electron chi connectivity index (χ0n) is 16.9. The van der Waals surface area contributed by atoms with Crippen molar-refractivity contribution in [3.63, 3.8) is 0 Å². The van der Waals surface area contributed by atoms with Gasteiger partial charge in [0, 0.05) is 50.9 Å². The van der Waals surface area contributed by atoms with Crippen molar-refractivity contribution in [3.05, 3.63) is 41.7 Å². The van der Waals surface area contributed by atoms with E-state index in [0.29, 0.717) is 42.6 Å². The van der Waals surface area contributed by atoms with Crippen LogP contribution >= 0.6 is 0 Å². The number of nitrogens with zero attached hydrogens (tertiary/aromatic N) is 6. The van der Waals surface area contributed by atoms with E-state index in [2.05, 4.69) is 29.1 Å². The summed E-state index contributed by atoms with van der Waals surface area (Å²) in [6.07, 6.45) is 0. The molecular formula is C20H24N6O3S. The molecule has 3 aliphatic rings. The van der Waals surface area contributed by atoms with Crippen molar-refractivity contribution in [1.29, 1.82) is 0 Å². The average molecular weight is 429 g/mol. The Morgan fingerprint density at radius 2 is 1.47 bits per heavy atom. The molecule has 0 spiro atoms. The molecule has 1 aromatic carbocycles. The third-order valence-electron chi connectivity index (χ3n) is 5.66. The molecule has 2 saturated heterocycles. The zero-order chi connectivity index (χ0) is 20.7. The molecule has 2 fully saturated rings. The molecule has 0 aliphatic carbocycles. The fourth-order valence-corrected chi connectivity index (χ4v) is 5.34. The third-order valence-corrected chi connectivity index (χ3v) is 6.99. The number of piperazine rings is 1. The van der Waals surface area contributed by atoms with Gasteiger partial charge in [-0.25, -0.2) is 9.97 Å². The van der Waals surface area contributed by atoms with Gasteiger partial charge in [-0.3, -0.25) is 0 Å². The second kappa shape index (κ2) is 7.51. The predicted octanol–water partition coefficient (Wildman–Crippen LogP) is 0.893. The zero-order valence-corrected chi connectivity index (χ0v) is 17.7. The second-order valence-electron chi connectivity index (χ2n) is 7.59. The standard InChI is InChI=1S/C20H24N6O3S/c1-15-21-18(14-19(22-15)25-10-12-29-13-11-25)24-6-8-26(9-7-24)20-16-4-2-3-5-17(16)30(27,28)23-20/h2-5,14H,6-13H2,1H3. The number of amidine groups is 1. The van der Waals surface area contributed by atoms with Crippen LogP contribution in [0.4, 0.5) is 11.6 Å². The highest BCUT2D eigenvalue weighted by Gasteiger charge is 2.33. The molecule has 0 bridgehead atoms. The molecule has 0 atom stereocenters. The number of hydrogen-bond acceptors (Lipinski definition) is 8. The van der Waals surface area contributed by atoms with E-state index < -0.39 is 10.0 Å². The first-order valence-electron chi connectivity index (χ1n) is 10.1. The summed E-state index contributed by atoms with van der Waals surface area (Å²) < 4.78 is 34.2. The largest absolute Gasteiger partial charge is 0.378 e.